The predicted octanol–water partition coefficient (Wildman–Crippen LogP) is 2.45. The Kier molecular flexibility index (Phi) is 3.98. The summed E-state index contributed by atoms with van der Waals surface area (Å²) in [6.45, 7) is 5.53. The number of hydrogen-bond acceptors (Lipinski definition) is 2. The molecule has 6 heteroatoms. The first kappa shape index (κ1) is 15.4. The smallest absolute Gasteiger partial charge is 0.228 e. The van der Waals surface area contributed by atoms with Gasteiger partial charge in [0.1, 0.15) is 17.3 Å². The third-order valence-corrected chi connectivity index (χ3v) is 3.17. The van der Waals surface area contributed by atoms with Gasteiger partial charge in [-0.2, -0.15) is 0 Å². The summed E-state index contributed by atoms with van der Waals surface area (Å²) in [5.74, 6) is -3.38. The SMILES string of the molecule is CC(C)(C)NC(=O)C1CC1C(=O)Nc1c(F)cccc1F. The number of para-hydroxylation sites is 1. The van der Waals surface area contributed by atoms with Gasteiger partial charge < -0.3 is 10.6 Å². The zero-order valence-corrected chi connectivity index (χ0v) is 12.2. The van der Waals surface area contributed by atoms with Crippen LogP contribution in [0.5, 0.6) is 0 Å². The highest BCUT2D eigenvalue weighted by Crippen LogP contribution is 2.40. The summed E-state index contributed by atoms with van der Waals surface area (Å²) in [5.41, 5.74) is -0.845. The molecule has 0 bridgehead atoms. The van der Waals surface area contributed by atoms with E-state index in [1.165, 1.54) is 6.07 Å². The Balaban J connectivity index is 1.96. The number of hydrogen-bond donors (Lipinski definition) is 2. The van der Waals surface area contributed by atoms with Crippen LogP contribution in [-0.4, -0.2) is 17.4 Å². The molecule has 0 aromatic heterocycles. The number of halogens is 2. The van der Waals surface area contributed by atoms with E-state index < -0.39 is 35.1 Å². The van der Waals surface area contributed by atoms with Crippen LogP contribution in [0.1, 0.15) is 27.2 Å². The van der Waals surface area contributed by atoms with Crippen molar-refractivity contribution in [1.29, 1.82) is 0 Å². The maximum absolute atomic E-state index is 13.4. The molecule has 2 rings (SSSR count). The molecule has 2 amide bonds. The van der Waals surface area contributed by atoms with E-state index in [2.05, 4.69) is 10.6 Å². The van der Waals surface area contributed by atoms with Crippen molar-refractivity contribution in [3.63, 3.8) is 0 Å². The minimum atomic E-state index is -0.834. The third kappa shape index (κ3) is 3.77. The van der Waals surface area contributed by atoms with Crippen molar-refractivity contribution in [1.82, 2.24) is 5.32 Å². The van der Waals surface area contributed by atoms with E-state index >= 15 is 0 Å². The summed E-state index contributed by atoms with van der Waals surface area (Å²) in [6.07, 6.45) is 0.393. The van der Waals surface area contributed by atoms with E-state index in [1.807, 2.05) is 20.8 Å². The zero-order valence-electron chi connectivity index (χ0n) is 12.2. The predicted molar refractivity (Wildman–Crippen MR) is 74.5 cm³/mol. The molecule has 1 aromatic rings. The van der Waals surface area contributed by atoms with Gasteiger partial charge in [0.2, 0.25) is 11.8 Å². The first-order valence-electron chi connectivity index (χ1n) is 6.76. The number of amides is 2. The van der Waals surface area contributed by atoms with Crippen molar-refractivity contribution in [3.8, 4) is 0 Å². The molecule has 1 aliphatic carbocycles. The quantitative estimate of drug-likeness (QED) is 0.900. The van der Waals surface area contributed by atoms with E-state index in [1.54, 1.807) is 0 Å². The van der Waals surface area contributed by atoms with Gasteiger partial charge in [0.05, 0.1) is 11.8 Å². The zero-order chi connectivity index (χ0) is 15.8. The lowest BCUT2D eigenvalue weighted by Gasteiger charge is -2.20. The molecule has 4 nitrogen and oxygen atoms in total. The maximum Gasteiger partial charge on any atom is 0.228 e. The Labute approximate surface area is 121 Å². The van der Waals surface area contributed by atoms with Crippen molar-refractivity contribution >= 4 is 17.5 Å². The second-order valence-electron chi connectivity index (χ2n) is 6.27. The number of carbonyl (C=O) groups excluding carboxylic acids is 2. The summed E-state index contributed by atoms with van der Waals surface area (Å²) in [4.78, 5) is 23.8. The van der Waals surface area contributed by atoms with Crippen LogP contribution in [0.4, 0.5) is 14.5 Å². The van der Waals surface area contributed by atoms with Gasteiger partial charge in [-0.05, 0) is 39.3 Å². The average Bonchev–Trinajstić information content (AvgIpc) is 3.12. The molecule has 114 valence electrons. The van der Waals surface area contributed by atoms with Crippen LogP contribution in [0, 0.1) is 23.5 Å². The summed E-state index contributed by atoms with van der Waals surface area (Å²) >= 11 is 0. The highest BCUT2D eigenvalue weighted by atomic mass is 19.1. The number of anilines is 1. The van der Waals surface area contributed by atoms with Crippen LogP contribution in [0.2, 0.25) is 0 Å². The van der Waals surface area contributed by atoms with Gasteiger partial charge in [-0.1, -0.05) is 6.07 Å². The number of carbonyl (C=O) groups is 2. The molecule has 0 radical (unpaired) electrons. The van der Waals surface area contributed by atoms with E-state index in [0.29, 0.717) is 6.42 Å². The van der Waals surface area contributed by atoms with Crippen molar-refractivity contribution in [2.75, 3.05) is 5.32 Å². The largest absolute Gasteiger partial charge is 0.351 e. The van der Waals surface area contributed by atoms with Gasteiger partial charge in [0, 0.05) is 5.54 Å². The monoisotopic (exact) mass is 296 g/mol. The standard InChI is InChI=1S/C15H18F2N2O2/c1-15(2,3)19-14(21)9-7-8(9)13(20)18-12-10(16)5-4-6-11(12)17/h4-6,8-9H,7H2,1-3H3,(H,18,20)(H,19,21). The van der Waals surface area contributed by atoms with Gasteiger partial charge in [-0.25, -0.2) is 8.78 Å². The van der Waals surface area contributed by atoms with E-state index in [-0.39, 0.29) is 11.4 Å². The maximum atomic E-state index is 13.4. The lowest BCUT2D eigenvalue weighted by molar-refractivity contribution is -0.126. The molecule has 1 saturated carbocycles. The van der Waals surface area contributed by atoms with Gasteiger partial charge in [-0.15, -0.1) is 0 Å². The second-order valence-corrected chi connectivity index (χ2v) is 6.27. The number of rotatable bonds is 3. The van der Waals surface area contributed by atoms with Crippen molar-refractivity contribution in [3.05, 3.63) is 29.8 Å². The third-order valence-electron chi connectivity index (χ3n) is 3.17. The van der Waals surface area contributed by atoms with E-state index in [9.17, 15) is 18.4 Å². The molecule has 2 unspecified atom stereocenters. The fourth-order valence-corrected chi connectivity index (χ4v) is 2.07. The second kappa shape index (κ2) is 5.42. The summed E-state index contributed by atoms with van der Waals surface area (Å²) in [5, 5.41) is 5.00. The Morgan fingerprint density at radius 1 is 1.10 bits per heavy atom. The van der Waals surface area contributed by atoms with Crippen LogP contribution in [0.3, 0.4) is 0 Å². The van der Waals surface area contributed by atoms with Crippen LogP contribution in [-0.2, 0) is 9.59 Å². The first-order chi connectivity index (χ1) is 9.69. The minimum absolute atomic E-state index is 0.211. The van der Waals surface area contributed by atoms with Crippen molar-refractivity contribution in [2.24, 2.45) is 11.8 Å². The fourth-order valence-electron chi connectivity index (χ4n) is 2.07. The molecular weight excluding hydrogens is 278 g/mol. The Bertz CT molecular complexity index is 561. The van der Waals surface area contributed by atoms with Crippen LogP contribution in [0.25, 0.3) is 0 Å². The van der Waals surface area contributed by atoms with Crippen molar-refractivity contribution < 1.29 is 18.4 Å². The summed E-state index contributed by atoms with van der Waals surface area (Å²) in [7, 11) is 0. The van der Waals surface area contributed by atoms with E-state index in [4.69, 9.17) is 0 Å². The fraction of sp³-hybridized carbons (Fsp3) is 0.467. The van der Waals surface area contributed by atoms with Crippen LogP contribution in [0.15, 0.2) is 18.2 Å². The van der Waals surface area contributed by atoms with Gasteiger partial charge in [-0.3, -0.25) is 9.59 Å². The first-order valence-corrected chi connectivity index (χ1v) is 6.76. The van der Waals surface area contributed by atoms with Gasteiger partial charge in [0.15, 0.2) is 0 Å². The topological polar surface area (TPSA) is 58.2 Å². The molecule has 1 aromatic carbocycles. The average molecular weight is 296 g/mol. The molecular formula is C15H18F2N2O2. The highest BCUT2D eigenvalue weighted by Gasteiger charge is 2.48. The Hall–Kier alpha value is -1.98. The van der Waals surface area contributed by atoms with Crippen LogP contribution < -0.4 is 10.6 Å². The highest BCUT2D eigenvalue weighted by molar-refractivity contribution is 5.99. The number of benzene rings is 1. The summed E-state index contributed by atoms with van der Waals surface area (Å²) in [6, 6.07) is 3.35. The molecule has 0 spiro atoms. The molecule has 1 fully saturated rings. The Morgan fingerprint density at radius 2 is 1.62 bits per heavy atom. The molecule has 1 aliphatic rings. The minimum Gasteiger partial charge on any atom is -0.351 e. The summed E-state index contributed by atoms with van der Waals surface area (Å²) < 4.78 is 26.9. The molecule has 21 heavy (non-hydrogen) atoms. The normalized spacial score (nSPS) is 20.8. The van der Waals surface area contributed by atoms with Crippen molar-refractivity contribution in [2.45, 2.75) is 32.7 Å². The number of nitrogens with one attached hydrogen (secondary N) is 2. The molecule has 0 saturated heterocycles. The van der Waals surface area contributed by atoms with Gasteiger partial charge in [0.25, 0.3) is 0 Å². The van der Waals surface area contributed by atoms with E-state index in [0.717, 1.165) is 12.1 Å². The van der Waals surface area contributed by atoms with Gasteiger partial charge >= 0.3 is 0 Å². The lowest BCUT2D eigenvalue weighted by atomic mass is 10.1. The molecule has 2 atom stereocenters. The molecule has 0 heterocycles. The van der Waals surface area contributed by atoms with Crippen LogP contribution >= 0.6 is 0 Å². The molecule has 0 aliphatic heterocycles. The lowest BCUT2D eigenvalue weighted by Crippen LogP contribution is -2.42. The molecule has 2 N–H and O–H groups in total. The Morgan fingerprint density at radius 3 is 2.14 bits per heavy atom.